The summed E-state index contributed by atoms with van der Waals surface area (Å²) in [6, 6.07) is 13.6. The van der Waals surface area contributed by atoms with E-state index in [4.69, 9.17) is 35.3 Å². The number of carbonyl (C=O) groups is 2. The molecule has 0 aliphatic carbocycles. The molecule has 1 saturated heterocycles. The lowest BCUT2D eigenvalue weighted by Gasteiger charge is -2.26. The Morgan fingerprint density at radius 1 is 0.974 bits per heavy atom. The molecule has 0 spiro atoms. The lowest BCUT2D eigenvalue weighted by molar-refractivity contribution is -0.132. The van der Waals surface area contributed by atoms with Crippen LogP contribution in [0.25, 0.3) is 5.76 Å². The number of aliphatic hydroxyl groups is 1. The van der Waals surface area contributed by atoms with E-state index >= 15 is 0 Å². The molecule has 2 aliphatic heterocycles. The van der Waals surface area contributed by atoms with Crippen molar-refractivity contribution in [3.8, 4) is 28.7 Å². The van der Waals surface area contributed by atoms with Crippen LogP contribution in [0, 0.1) is 0 Å². The van der Waals surface area contributed by atoms with E-state index < -0.39 is 17.7 Å². The van der Waals surface area contributed by atoms with Crippen molar-refractivity contribution in [3.63, 3.8) is 0 Å². The Morgan fingerprint density at radius 2 is 1.74 bits per heavy atom. The molecule has 0 bridgehead atoms. The van der Waals surface area contributed by atoms with Gasteiger partial charge in [-0.3, -0.25) is 14.5 Å². The summed E-state index contributed by atoms with van der Waals surface area (Å²) < 4.78 is 27.3. The van der Waals surface area contributed by atoms with Gasteiger partial charge in [-0.05, 0) is 55.0 Å². The van der Waals surface area contributed by atoms with Crippen molar-refractivity contribution in [3.05, 3.63) is 76.3 Å². The molecule has 0 aromatic heterocycles. The number of hydrogen-bond donors (Lipinski definition) is 1. The first kappa shape index (κ1) is 25.3. The van der Waals surface area contributed by atoms with Gasteiger partial charge in [-0.1, -0.05) is 17.7 Å². The third kappa shape index (κ3) is 4.24. The van der Waals surface area contributed by atoms with Crippen molar-refractivity contribution in [1.29, 1.82) is 0 Å². The molecule has 38 heavy (non-hydrogen) atoms. The van der Waals surface area contributed by atoms with E-state index in [9.17, 15) is 14.7 Å². The number of nitrogens with zero attached hydrogens (tertiary/aromatic N) is 1. The number of ketones is 1. The molecule has 9 nitrogen and oxygen atoms in total. The van der Waals surface area contributed by atoms with Crippen LogP contribution >= 0.6 is 11.6 Å². The van der Waals surface area contributed by atoms with E-state index in [1.807, 2.05) is 0 Å². The fourth-order valence-electron chi connectivity index (χ4n) is 4.54. The van der Waals surface area contributed by atoms with E-state index in [0.29, 0.717) is 51.6 Å². The van der Waals surface area contributed by atoms with Crippen molar-refractivity contribution in [2.45, 2.75) is 13.0 Å². The summed E-state index contributed by atoms with van der Waals surface area (Å²) in [5.74, 6) is 0.126. The predicted octanol–water partition coefficient (Wildman–Crippen LogP) is 5.11. The summed E-state index contributed by atoms with van der Waals surface area (Å²) in [5.41, 5.74) is 1.07. The zero-order valence-corrected chi connectivity index (χ0v) is 21.6. The minimum Gasteiger partial charge on any atom is -0.507 e. The van der Waals surface area contributed by atoms with Crippen LogP contribution in [0.3, 0.4) is 0 Å². The van der Waals surface area contributed by atoms with Gasteiger partial charge in [0.2, 0.25) is 6.79 Å². The van der Waals surface area contributed by atoms with Crippen molar-refractivity contribution < 1.29 is 38.4 Å². The molecule has 1 amide bonds. The van der Waals surface area contributed by atoms with E-state index in [2.05, 4.69) is 0 Å². The molecular formula is C28H24ClNO8. The number of methoxy groups -OCH3 is 2. The maximum atomic E-state index is 13.5. The van der Waals surface area contributed by atoms with E-state index in [1.54, 1.807) is 55.5 Å². The molecule has 10 heteroatoms. The summed E-state index contributed by atoms with van der Waals surface area (Å²) in [4.78, 5) is 28.3. The average Bonchev–Trinajstić information content (AvgIpc) is 3.50. The lowest BCUT2D eigenvalue weighted by atomic mass is 9.94. The largest absolute Gasteiger partial charge is 0.507 e. The number of rotatable bonds is 7. The highest BCUT2D eigenvalue weighted by atomic mass is 35.5. The zero-order valence-electron chi connectivity index (χ0n) is 20.8. The second-order valence-electron chi connectivity index (χ2n) is 8.40. The molecule has 1 fully saturated rings. The second-order valence-corrected chi connectivity index (χ2v) is 8.81. The summed E-state index contributed by atoms with van der Waals surface area (Å²) in [5, 5.41) is 11.8. The van der Waals surface area contributed by atoms with Crippen LogP contribution in [0.2, 0.25) is 5.02 Å². The van der Waals surface area contributed by atoms with Gasteiger partial charge in [-0.2, -0.15) is 0 Å². The molecule has 2 aliphatic rings. The summed E-state index contributed by atoms with van der Waals surface area (Å²) in [6.45, 7) is 2.20. The molecule has 5 rings (SSSR count). The molecular weight excluding hydrogens is 514 g/mol. The maximum Gasteiger partial charge on any atom is 0.300 e. The SMILES string of the molecule is CCOc1cc(/C(O)=C2\C(=O)C(=O)N(c3ccc4c(c3)OCO4)C2c2ccc(OC)c(OC)c2)ccc1Cl. The molecule has 2 heterocycles. The van der Waals surface area contributed by atoms with Crippen LogP contribution in [-0.4, -0.2) is 44.4 Å². The Bertz CT molecular complexity index is 1470. The van der Waals surface area contributed by atoms with Crippen LogP contribution < -0.4 is 28.6 Å². The number of Topliss-reactive ketones (excluding diaryl/α,β-unsaturated/α-hetero) is 1. The van der Waals surface area contributed by atoms with Crippen molar-refractivity contribution in [2.24, 2.45) is 0 Å². The number of benzene rings is 3. The van der Waals surface area contributed by atoms with Crippen LogP contribution in [0.5, 0.6) is 28.7 Å². The maximum absolute atomic E-state index is 13.5. The first-order valence-electron chi connectivity index (χ1n) is 11.7. The lowest BCUT2D eigenvalue weighted by Crippen LogP contribution is -2.29. The van der Waals surface area contributed by atoms with Gasteiger partial charge in [0.05, 0.1) is 37.5 Å². The number of hydrogen-bond acceptors (Lipinski definition) is 8. The normalized spacial score (nSPS) is 17.6. The van der Waals surface area contributed by atoms with Gasteiger partial charge in [0.1, 0.15) is 11.5 Å². The van der Waals surface area contributed by atoms with Crippen LogP contribution in [-0.2, 0) is 9.59 Å². The van der Waals surface area contributed by atoms with Crippen molar-refractivity contribution >= 4 is 34.7 Å². The Morgan fingerprint density at radius 3 is 2.47 bits per heavy atom. The topological polar surface area (TPSA) is 104 Å². The molecule has 3 aromatic rings. The number of fused-ring (bicyclic) bond motifs is 1. The molecule has 1 atom stereocenters. The molecule has 0 radical (unpaired) electrons. The first-order chi connectivity index (χ1) is 18.4. The Labute approximate surface area is 223 Å². The van der Waals surface area contributed by atoms with E-state index in [0.717, 1.165) is 0 Å². The van der Waals surface area contributed by atoms with Crippen LogP contribution in [0.1, 0.15) is 24.1 Å². The summed E-state index contributed by atoms with van der Waals surface area (Å²) in [6.07, 6.45) is 0. The standard InChI is InChI=1S/C28H24ClNO8/c1-4-36-21-12-16(5-8-18(21)29)26(31)24-25(15-6-9-19(34-2)22(11-15)35-3)30(28(33)27(24)32)17-7-10-20-23(13-17)38-14-37-20/h5-13,25,31H,4,14H2,1-3H3/b26-24+. The Kier molecular flexibility index (Phi) is 6.77. The van der Waals surface area contributed by atoms with Gasteiger partial charge >= 0.3 is 0 Å². The number of halogens is 1. The predicted molar refractivity (Wildman–Crippen MR) is 140 cm³/mol. The monoisotopic (exact) mass is 537 g/mol. The number of carbonyl (C=O) groups excluding carboxylic acids is 2. The average molecular weight is 538 g/mol. The van der Waals surface area contributed by atoms with Crippen LogP contribution in [0.4, 0.5) is 5.69 Å². The van der Waals surface area contributed by atoms with Gasteiger partial charge in [-0.25, -0.2) is 0 Å². The molecule has 1 N–H and O–H groups in total. The van der Waals surface area contributed by atoms with Crippen LogP contribution in [0.15, 0.2) is 60.2 Å². The fourth-order valence-corrected chi connectivity index (χ4v) is 4.72. The molecule has 1 unspecified atom stereocenters. The smallest absolute Gasteiger partial charge is 0.300 e. The Balaban J connectivity index is 1.72. The fraction of sp³-hybridized carbons (Fsp3) is 0.214. The number of aliphatic hydroxyl groups excluding tert-OH is 1. The van der Waals surface area contributed by atoms with Gasteiger partial charge in [0, 0.05) is 17.3 Å². The summed E-state index contributed by atoms with van der Waals surface area (Å²) >= 11 is 6.23. The highest BCUT2D eigenvalue weighted by Gasteiger charge is 2.47. The van der Waals surface area contributed by atoms with E-state index in [-0.39, 0.29) is 23.7 Å². The van der Waals surface area contributed by atoms with E-state index in [1.165, 1.54) is 25.2 Å². The highest BCUT2D eigenvalue weighted by molar-refractivity contribution is 6.51. The van der Waals surface area contributed by atoms with Gasteiger partial charge in [0.25, 0.3) is 11.7 Å². The van der Waals surface area contributed by atoms with Crippen molar-refractivity contribution in [2.75, 3.05) is 32.5 Å². The summed E-state index contributed by atoms with van der Waals surface area (Å²) in [7, 11) is 2.99. The third-order valence-corrected chi connectivity index (χ3v) is 6.62. The number of anilines is 1. The Hall–Kier alpha value is -4.37. The second kappa shape index (κ2) is 10.2. The number of ether oxygens (including phenoxy) is 5. The molecule has 196 valence electrons. The molecule has 3 aromatic carbocycles. The minimum absolute atomic E-state index is 0.0510. The van der Waals surface area contributed by atoms with Gasteiger partial charge in [0.15, 0.2) is 23.0 Å². The first-order valence-corrected chi connectivity index (χ1v) is 12.1. The highest BCUT2D eigenvalue weighted by Crippen LogP contribution is 2.46. The van der Waals surface area contributed by atoms with Gasteiger partial charge < -0.3 is 28.8 Å². The zero-order chi connectivity index (χ0) is 27.0. The van der Waals surface area contributed by atoms with Crippen molar-refractivity contribution in [1.82, 2.24) is 0 Å². The van der Waals surface area contributed by atoms with Gasteiger partial charge in [-0.15, -0.1) is 0 Å². The minimum atomic E-state index is -0.999. The third-order valence-electron chi connectivity index (χ3n) is 6.31. The number of amides is 1. The molecule has 0 saturated carbocycles. The quantitative estimate of drug-likeness (QED) is 0.252.